The number of nitrogens with one attached hydrogen (secondary N) is 1. The zero-order chi connectivity index (χ0) is 18.8. The fourth-order valence-electron chi connectivity index (χ4n) is 4.04. The van der Waals surface area contributed by atoms with Crippen molar-refractivity contribution in [2.45, 2.75) is 45.1 Å². The van der Waals surface area contributed by atoms with Crippen LogP contribution in [0.2, 0.25) is 0 Å². The molecule has 4 rings (SSSR count). The van der Waals surface area contributed by atoms with E-state index >= 15 is 0 Å². The van der Waals surface area contributed by atoms with Crippen LogP contribution < -0.4 is 10.6 Å². The highest BCUT2D eigenvalue weighted by Crippen LogP contribution is 2.27. The Labute approximate surface area is 157 Å². The number of anilines is 1. The van der Waals surface area contributed by atoms with Crippen LogP contribution in [0.4, 0.5) is 5.82 Å². The molecule has 0 unspecified atom stereocenters. The molecule has 2 aliphatic rings. The number of nitrogens with zero attached hydrogens (tertiary/aromatic N) is 6. The van der Waals surface area contributed by atoms with Gasteiger partial charge in [-0.25, -0.2) is 14.9 Å². The van der Waals surface area contributed by atoms with Crippen molar-refractivity contribution in [3.63, 3.8) is 0 Å². The lowest BCUT2D eigenvalue weighted by atomic mass is 9.97. The van der Waals surface area contributed by atoms with Crippen LogP contribution in [0, 0.1) is 0 Å². The first-order valence-corrected chi connectivity index (χ1v) is 9.68. The minimum Gasteiger partial charge on any atom is -0.355 e. The van der Waals surface area contributed by atoms with Gasteiger partial charge in [0.25, 0.3) is 5.91 Å². The third-order valence-corrected chi connectivity index (χ3v) is 5.45. The van der Waals surface area contributed by atoms with Gasteiger partial charge in [0.1, 0.15) is 17.3 Å². The van der Waals surface area contributed by atoms with Crippen LogP contribution in [-0.2, 0) is 6.54 Å². The summed E-state index contributed by atoms with van der Waals surface area (Å²) in [4.78, 5) is 37.3. The number of aromatic amines is 1. The molecular formula is C18H25N7O2. The van der Waals surface area contributed by atoms with Gasteiger partial charge in [0.2, 0.25) is 0 Å². The summed E-state index contributed by atoms with van der Waals surface area (Å²) >= 11 is 0. The van der Waals surface area contributed by atoms with Crippen molar-refractivity contribution in [2.24, 2.45) is 0 Å². The highest BCUT2D eigenvalue weighted by molar-refractivity contribution is 5.92. The molecule has 1 atom stereocenters. The Morgan fingerprint density at radius 1 is 1.22 bits per heavy atom. The second-order valence-corrected chi connectivity index (χ2v) is 7.18. The SMILES string of the molecule is CCn1c([C@@H]2CCCN(c3cncc(C(=O)N4CCCC4)n3)C2)n[nH]c1=O. The van der Waals surface area contributed by atoms with Gasteiger partial charge >= 0.3 is 5.69 Å². The first-order chi connectivity index (χ1) is 13.2. The Morgan fingerprint density at radius 3 is 2.81 bits per heavy atom. The number of piperidine rings is 1. The van der Waals surface area contributed by atoms with Gasteiger partial charge in [-0.2, -0.15) is 5.10 Å². The molecule has 0 saturated carbocycles. The van der Waals surface area contributed by atoms with Crippen LogP contribution in [0.5, 0.6) is 0 Å². The van der Waals surface area contributed by atoms with Crippen molar-refractivity contribution in [3.8, 4) is 0 Å². The van der Waals surface area contributed by atoms with Crippen LogP contribution in [-0.4, -0.2) is 61.7 Å². The van der Waals surface area contributed by atoms with Crippen molar-refractivity contribution in [3.05, 3.63) is 34.4 Å². The largest absolute Gasteiger partial charge is 0.355 e. The lowest BCUT2D eigenvalue weighted by Crippen LogP contribution is -2.37. The summed E-state index contributed by atoms with van der Waals surface area (Å²) in [5.41, 5.74) is 0.240. The summed E-state index contributed by atoms with van der Waals surface area (Å²) in [5, 5.41) is 6.79. The molecule has 2 saturated heterocycles. The predicted molar refractivity (Wildman–Crippen MR) is 99.9 cm³/mol. The summed E-state index contributed by atoms with van der Waals surface area (Å²) in [6.07, 6.45) is 7.31. The van der Waals surface area contributed by atoms with Crippen molar-refractivity contribution in [1.82, 2.24) is 29.6 Å². The molecule has 0 aliphatic carbocycles. The monoisotopic (exact) mass is 371 g/mol. The number of rotatable bonds is 4. The first kappa shape index (κ1) is 17.7. The van der Waals surface area contributed by atoms with Crippen LogP contribution in [0.3, 0.4) is 0 Å². The Balaban J connectivity index is 1.53. The van der Waals surface area contributed by atoms with Gasteiger partial charge in [0.05, 0.1) is 12.4 Å². The maximum absolute atomic E-state index is 12.6. The molecule has 0 aromatic carbocycles. The number of likely N-dealkylation sites (tertiary alicyclic amines) is 1. The van der Waals surface area contributed by atoms with Gasteiger partial charge in [-0.1, -0.05) is 0 Å². The molecule has 0 bridgehead atoms. The van der Waals surface area contributed by atoms with E-state index in [1.54, 1.807) is 17.0 Å². The van der Waals surface area contributed by atoms with Crippen LogP contribution in [0.25, 0.3) is 0 Å². The van der Waals surface area contributed by atoms with Gasteiger partial charge in [-0.3, -0.25) is 14.3 Å². The molecule has 4 heterocycles. The lowest BCUT2D eigenvalue weighted by molar-refractivity contribution is 0.0786. The van der Waals surface area contributed by atoms with E-state index in [9.17, 15) is 9.59 Å². The average molecular weight is 371 g/mol. The summed E-state index contributed by atoms with van der Waals surface area (Å²) in [6, 6.07) is 0. The minimum absolute atomic E-state index is 0.0393. The van der Waals surface area contributed by atoms with E-state index in [0.717, 1.165) is 51.1 Å². The van der Waals surface area contributed by atoms with E-state index < -0.39 is 0 Å². The fourth-order valence-corrected chi connectivity index (χ4v) is 4.04. The van der Waals surface area contributed by atoms with Crippen LogP contribution >= 0.6 is 0 Å². The third kappa shape index (κ3) is 3.45. The number of H-pyrrole nitrogens is 1. The Morgan fingerprint density at radius 2 is 2.04 bits per heavy atom. The van der Waals surface area contributed by atoms with Crippen molar-refractivity contribution in [2.75, 3.05) is 31.1 Å². The molecule has 0 radical (unpaired) electrons. The van der Waals surface area contributed by atoms with E-state index in [1.807, 2.05) is 11.8 Å². The third-order valence-electron chi connectivity index (χ3n) is 5.45. The van der Waals surface area contributed by atoms with E-state index in [-0.39, 0.29) is 17.5 Å². The molecule has 27 heavy (non-hydrogen) atoms. The summed E-state index contributed by atoms with van der Waals surface area (Å²) < 4.78 is 1.69. The minimum atomic E-state index is -0.164. The maximum atomic E-state index is 12.6. The second kappa shape index (κ2) is 7.50. The Bertz CT molecular complexity index is 869. The normalized spacial score (nSPS) is 20.3. The zero-order valence-electron chi connectivity index (χ0n) is 15.6. The zero-order valence-corrected chi connectivity index (χ0v) is 15.6. The van der Waals surface area contributed by atoms with Gasteiger partial charge in [0, 0.05) is 38.6 Å². The fraction of sp³-hybridized carbons (Fsp3) is 0.611. The molecule has 144 valence electrons. The number of hydrogen-bond acceptors (Lipinski definition) is 6. The van der Waals surface area contributed by atoms with E-state index in [1.165, 1.54) is 0 Å². The molecule has 1 amide bonds. The number of carbonyl (C=O) groups is 1. The molecule has 9 heteroatoms. The number of amides is 1. The molecule has 0 spiro atoms. The van der Waals surface area contributed by atoms with Crippen molar-refractivity contribution < 1.29 is 4.79 Å². The van der Waals surface area contributed by atoms with E-state index in [0.29, 0.717) is 24.6 Å². The molecule has 2 aromatic heterocycles. The molecule has 9 nitrogen and oxygen atoms in total. The smallest absolute Gasteiger partial charge is 0.343 e. The van der Waals surface area contributed by atoms with Gasteiger partial charge in [0.15, 0.2) is 0 Å². The second-order valence-electron chi connectivity index (χ2n) is 7.18. The number of aromatic nitrogens is 5. The molecular weight excluding hydrogens is 346 g/mol. The summed E-state index contributed by atoms with van der Waals surface area (Å²) in [5.74, 6) is 1.62. The summed E-state index contributed by atoms with van der Waals surface area (Å²) in [7, 11) is 0. The molecule has 1 N–H and O–H groups in total. The topological polar surface area (TPSA) is 100 Å². The number of carbonyl (C=O) groups excluding carboxylic acids is 1. The van der Waals surface area contributed by atoms with Gasteiger partial charge < -0.3 is 9.80 Å². The van der Waals surface area contributed by atoms with Gasteiger partial charge in [-0.05, 0) is 32.6 Å². The maximum Gasteiger partial charge on any atom is 0.343 e. The van der Waals surface area contributed by atoms with Crippen molar-refractivity contribution >= 4 is 11.7 Å². The standard InChI is InChI=1S/C18H25N7O2/c1-2-25-16(21-22-18(25)27)13-6-5-9-24(12-13)15-11-19-10-14(20-15)17(26)23-7-3-4-8-23/h10-11,13H,2-9,12H2,1H3,(H,22,27)/t13-/m1/s1. The van der Waals surface area contributed by atoms with E-state index in [4.69, 9.17) is 0 Å². The lowest BCUT2D eigenvalue weighted by Gasteiger charge is -2.33. The predicted octanol–water partition coefficient (Wildman–Crippen LogP) is 1.00. The summed E-state index contributed by atoms with van der Waals surface area (Å²) in [6.45, 7) is 5.70. The first-order valence-electron chi connectivity index (χ1n) is 9.68. The van der Waals surface area contributed by atoms with Crippen molar-refractivity contribution in [1.29, 1.82) is 0 Å². The van der Waals surface area contributed by atoms with E-state index in [2.05, 4.69) is 25.1 Å². The Hall–Kier alpha value is -2.71. The molecule has 2 aromatic rings. The average Bonchev–Trinajstić information content (AvgIpc) is 3.37. The van der Waals surface area contributed by atoms with Gasteiger partial charge in [-0.15, -0.1) is 0 Å². The Kier molecular flexibility index (Phi) is 4.91. The van der Waals surface area contributed by atoms with Crippen LogP contribution in [0.1, 0.15) is 54.8 Å². The van der Waals surface area contributed by atoms with Crippen LogP contribution in [0.15, 0.2) is 17.2 Å². The highest BCUT2D eigenvalue weighted by atomic mass is 16.2. The number of hydrogen-bond donors (Lipinski definition) is 1. The molecule has 2 fully saturated rings. The quantitative estimate of drug-likeness (QED) is 0.861. The molecule has 2 aliphatic heterocycles. The highest BCUT2D eigenvalue weighted by Gasteiger charge is 2.28.